The molecule has 5 rings (SSSR count). The number of carbonyl (C=O) groups is 2. The van der Waals surface area contributed by atoms with Crippen LogP contribution in [0, 0.1) is 0 Å². The third kappa shape index (κ3) is 3.76. The Hall–Kier alpha value is -3.90. The van der Waals surface area contributed by atoms with Gasteiger partial charge in [-0.25, -0.2) is 0 Å². The van der Waals surface area contributed by atoms with Crippen molar-refractivity contribution in [3.8, 4) is 5.75 Å². The van der Waals surface area contributed by atoms with Crippen LogP contribution in [0.2, 0.25) is 5.02 Å². The van der Waals surface area contributed by atoms with Gasteiger partial charge in [-0.1, -0.05) is 54.1 Å². The monoisotopic (exact) mass is 472 g/mol. The molecule has 34 heavy (non-hydrogen) atoms. The van der Waals surface area contributed by atoms with Gasteiger partial charge in [0, 0.05) is 23.9 Å². The third-order valence-electron chi connectivity index (χ3n) is 6.09. The zero-order valence-corrected chi connectivity index (χ0v) is 19.2. The molecule has 0 fully saturated rings. The van der Waals surface area contributed by atoms with Gasteiger partial charge in [-0.05, 0) is 35.9 Å². The molecular formula is C27H21ClN2O4. The van der Waals surface area contributed by atoms with E-state index >= 15 is 0 Å². The number of aromatic nitrogens is 1. The largest absolute Gasteiger partial charge is 0.491 e. The van der Waals surface area contributed by atoms with Gasteiger partial charge in [0.1, 0.15) is 5.75 Å². The lowest BCUT2D eigenvalue weighted by Gasteiger charge is -2.21. The highest BCUT2D eigenvalue weighted by Gasteiger charge is 2.36. The van der Waals surface area contributed by atoms with Gasteiger partial charge in [0.05, 0.1) is 35.4 Å². The highest BCUT2D eigenvalue weighted by Crippen LogP contribution is 2.33. The maximum absolute atomic E-state index is 13.1. The van der Waals surface area contributed by atoms with Crippen molar-refractivity contribution < 1.29 is 14.3 Å². The average molecular weight is 473 g/mol. The van der Waals surface area contributed by atoms with E-state index in [1.54, 1.807) is 49.5 Å². The Balaban J connectivity index is 1.57. The van der Waals surface area contributed by atoms with Crippen molar-refractivity contribution in [1.29, 1.82) is 0 Å². The van der Waals surface area contributed by atoms with Gasteiger partial charge in [-0.2, -0.15) is 0 Å². The first kappa shape index (κ1) is 21.9. The van der Waals surface area contributed by atoms with E-state index in [9.17, 15) is 14.4 Å². The number of amides is 2. The molecule has 7 heteroatoms. The highest BCUT2D eigenvalue weighted by molar-refractivity contribution is 6.31. The molecular weight excluding hydrogens is 452 g/mol. The van der Waals surface area contributed by atoms with Crippen molar-refractivity contribution in [3.05, 3.63) is 111 Å². The van der Waals surface area contributed by atoms with Crippen LogP contribution in [0.4, 0.5) is 0 Å². The topological polar surface area (TPSA) is 68.6 Å². The molecule has 0 unspecified atom stereocenters. The number of hydrogen-bond donors (Lipinski definition) is 0. The number of nitrogens with zero attached hydrogens (tertiary/aromatic N) is 2. The summed E-state index contributed by atoms with van der Waals surface area (Å²) in [7, 11) is 1.62. The molecule has 0 aliphatic carbocycles. The molecule has 0 N–H and O–H groups in total. The molecule has 0 radical (unpaired) electrons. The van der Waals surface area contributed by atoms with E-state index in [1.165, 1.54) is 4.57 Å². The number of carbonyl (C=O) groups excluding carboxylic acids is 2. The summed E-state index contributed by atoms with van der Waals surface area (Å²) in [5, 5.41) is 1.46. The standard InChI is InChI=1S/C27H21ClN2O4/c1-29-23(16-30-26(32)19-9-5-6-10-20(19)27(30)33)24(34-14-13-17-7-3-2-4-8-17)22-15-18(28)11-12-21(22)25(29)31/h2-12,15H,13-14,16H2,1H3. The first-order valence-electron chi connectivity index (χ1n) is 10.9. The molecule has 6 nitrogen and oxygen atoms in total. The molecule has 1 aliphatic rings. The van der Waals surface area contributed by atoms with Gasteiger partial charge in [0.25, 0.3) is 17.4 Å². The molecule has 0 atom stereocenters. The summed E-state index contributed by atoms with van der Waals surface area (Å²) in [5.41, 5.74) is 1.99. The molecule has 2 heterocycles. The Labute approximate surface area is 201 Å². The smallest absolute Gasteiger partial charge is 0.261 e. The summed E-state index contributed by atoms with van der Waals surface area (Å²) < 4.78 is 7.68. The predicted octanol–water partition coefficient (Wildman–Crippen LogP) is 4.61. The fourth-order valence-corrected chi connectivity index (χ4v) is 4.46. The summed E-state index contributed by atoms with van der Waals surface area (Å²) in [6.45, 7) is 0.250. The predicted molar refractivity (Wildman–Crippen MR) is 130 cm³/mol. The number of pyridine rings is 1. The van der Waals surface area contributed by atoms with E-state index in [-0.39, 0.29) is 12.1 Å². The molecule has 0 bridgehead atoms. The van der Waals surface area contributed by atoms with Crippen LogP contribution >= 0.6 is 11.6 Å². The number of halogens is 1. The van der Waals surface area contributed by atoms with E-state index in [0.717, 1.165) is 10.5 Å². The molecule has 0 saturated carbocycles. The Bertz CT molecular complexity index is 1460. The molecule has 0 spiro atoms. The van der Waals surface area contributed by atoms with Crippen LogP contribution in [0.25, 0.3) is 10.8 Å². The van der Waals surface area contributed by atoms with Crippen molar-refractivity contribution in [1.82, 2.24) is 9.47 Å². The molecule has 1 aliphatic heterocycles. The molecule has 1 aromatic heterocycles. The lowest BCUT2D eigenvalue weighted by atomic mass is 10.1. The summed E-state index contributed by atoms with van der Waals surface area (Å²) >= 11 is 6.26. The number of rotatable bonds is 6. The zero-order chi connectivity index (χ0) is 23.8. The van der Waals surface area contributed by atoms with Gasteiger partial charge >= 0.3 is 0 Å². The second-order valence-electron chi connectivity index (χ2n) is 8.16. The quantitative estimate of drug-likeness (QED) is 0.384. The van der Waals surface area contributed by atoms with Crippen LogP contribution in [0.1, 0.15) is 32.0 Å². The van der Waals surface area contributed by atoms with E-state index in [1.807, 2.05) is 30.3 Å². The first-order valence-corrected chi connectivity index (χ1v) is 11.3. The summed E-state index contributed by atoms with van der Waals surface area (Å²) in [5.74, 6) is -0.351. The second-order valence-corrected chi connectivity index (χ2v) is 8.59. The first-order chi connectivity index (χ1) is 16.5. The SMILES string of the molecule is Cn1c(CN2C(=O)c3ccccc3C2=O)c(OCCc2ccccc2)c2cc(Cl)ccc2c1=O. The van der Waals surface area contributed by atoms with Crippen LogP contribution in [0.15, 0.2) is 77.6 Å². The third-order valence-corrected chi connectivity index (χ3v) is 6.33. The highest BCUT2D eigenvalue weighted by atomic mass is 35.5. The van der Waals surface area contributed by atoms with Gasteiger partial charge in [-0.15, -0.1) is 0 Å². The average Bonchev–Trinajstić information content (AvgIpc) is 3.09. The molecule has 3 aromatic carbocycles. The number of hydrogen-bond acceptors (Lipinski definition) is 4. The molecule has 4 aromatic rings. The van der Waals surface area contributed by atoms with Crippen molar-refractivity contribution in [2.75, 3.05) is 6.61 Å². The normalized spacial score (nSPS) is 12.9. The van der Waals surface area contributed by atoms with Crippen LogP contribution in [0.5, 0.6) is 5.75 Å². The van der Waals surface area contributed by atoms with E-state index in [4.69, 9.17) is 16.3 Å². The van der Waals surface area contributed by atoms with Crippen LogP contribution in [0.3, 0.4) is 0 Å². The van der Waals surface area contributed by atoms with Gasteiger partial charge < -0.3 is 9.30 Å². The van der Waals surface area contributed by atoms with Crippen molar-refractivity contribution in [2.24, 2.45) is 7.05 Å². The molecule has 0 saturated heterocycles. The summed E-state index contributed by atoms with van der Waals surface area (Å²) in [6, 6.07) is 21.6. The minimum absolute atomic E-state index is 0.0960. The van der Waals surface area contributed by atoms with E-state index < -0.39 is 11.8 Å². The maximum Gasteiger partial charge on any atom is 0.261 e. The Kier molecular flexibility index (Phi) is 5.67. The van der Waals surface area contributed by atoms with E-state index in [2.05, 4.69) is 0 Å². The molecule has 170 valence electrons. The second kappa shape index (κ2) is 8.80. The van der Waals surface area contributed by atoms with Crippen molar-refractivity contribution in [2.45, 2.75) is 13.0 Å². The van der Waals surface area contributed by atoms with E-state index in [0.29, 0.717) is 51.4 Å². The van der Waals surface area contributed by atoms with Crippen molar-refractivity contribution >= 4 is 34.2 Å². The number of imide groups is 1. The maximum atomic E-state index is 13.1. The Morgan fingerprint density at radius 2 is 1.47 bits per heavy atom. The van der Waals surface area contributed by atoms with Crippen LogP contribution in [-0.2, 0) is 20.0 Å². The molecule has 2 amide bonds. The summed E-state index contributed by atoms with van der Waals surface area (Å²) in [6.07, 6.45) is 0.651. The minimum Gasteiger partial charge on any atom is -0.491 e. The van der Waals surface area contributed by atoms with Gasteiger partial charge in [-0.3, -0.25) is 19.3 Å². The fraction of sp³-hybridized carbons (Fsp3) is 0.148. The number of benzene rings is 3. The van der Waals surface area contributed by atoms with Crippen LogP contribution in [-0.4, -0.2) is 27.9 Å². The Morgan fingerprint density at radius 3 is 2.15 bits per heavy atom. The minimum atomic E-state index is -0.394. The summed E-state index contributed by atoms with van der Waals surface area (Å²) in [4.78, 5) is 40.3. The van der Waals surface area contributed by atoms with Crippen LogP contribution < -0.4 is 10.3 Å². The lowest BCUT2D eigenvalue weighted by Crippen LogP contribution is -2.33. The zero-order valence-electron chi connectivity index (χ0n) is 18.5. The number of fused-ring (bicyclic) bond motifs is 2. The van der Waals surface area contributed by atoms with Crippen molar-refractivity contribution in [3.63, 3.8) is 0 Å². The van der Waals surface area contributed by atoms with Gasteiger partial charge in [0.15, 0.2) is 0 Å². The lowest BCUT2D eigenvalue weighted by molar-refractivity contribution is 0.0637. The van der Waals surface area contributed by atoms with Gasteiger partial charge in [0.2, 0.25) is 0 Å². The fourth-order valence-electron chi connectivity index (χ4n) is 4.29. The number of ether oxygens (including phenoxy) is 1. The Morgan fingerprint density at radius 1 is 0.824 bits per heavy atom.